The Morgan fingerprint density at radius 3 is 2.64 bits per heavy atom. The largest absolute Gasteiger partial charge is 0.501 e. The highest BCUT2D eigenvalue weighted by Gasteiger charge is 2.49. The maximum Gasteiger partial charge on any atom is 0.501 e. The second-order valence-corrected chi connectivity index (χ2v) is 8.15. The molecule has 1 N–H and O–H groups in total. The number of sulfone groups is 1. The van der Waals surface area contributed by atoms with Gasteiger partial charge in [0.05, 0.1) is 16.0 Å². The van der Waals surface area contributed by atoms with Crippen LogP contribution in [-0.2, 0) is 22.7 Å². The van der Waals surface area contributed by atoms with Gasteiger partial charge in [-0.2, -0.15) is 13.2 Å². The van der Waals surface area contributed by atoms with E-state index in [2.05, 4.69) is 4.98 Å². The van der Waals surface area contributed by atoms with Crippen LogP contribution in [0.25, 0.3) is 0 Å². The van der Waals surface area contributed by atoms with E-state index in [1.165, 1.54) is 12.3 Å². The Balaban J connectivity index is 2.11. The van der Waals surface area contributed by atoms with Crippen molar-refractivity contribution in [2.24, 2.45) is 0 Å². The molecule has 1 heterocycles. The monoisotopic (exact) mass is 391 g/mol. The minimum Gasteiger partial charge on any atom is -0.388 e. The van der Waals surface area contributed by atoms with Gasteiger partial charge < -0.3 is 5.11 Å². The van der Waals surface area contributed by atoms with Gasteiger partial charge in [-0.05, 0) is 48.1 Å². The highest BCUT2D eigenvalue weighted by Crippen LogP contribution is 2.42. The van der Waals surface area contributed by atoms with Crippen molar-refractivity contribution in [3.63, 3.8) is 0 Å². The van der Waals surface area contributed by atoms with Crippen molar-refractivity contribution in [2.45, 2.75) is 35.8 Å². The Hall–Kier alpha value is -1.64. The number of hydrogen-bond acceptors (Lipinski definition) is 4. The standard InChI is InChI=1S/C16H13ClF3NO3S/c17-11-6-9(7-21-8-11)5-10-1-4-14(25(23,24)16(18,19)20)15-12(10)2-3-13(15)22/h1,4,6-8,13,22H,2-3,5H2. The molecule has 4 nitrogen and oxygen atoms in total. The summed E-state index contributed by atoms with van der Waals surface area (Å²) in [5, 5.41) is 10.5. The second-order valence-electron chi connectivity index (χ2n) is 5.81. The van der Waals surface area contributed by atoms with Gasteiger partial charge in [0.2, 0.25) is 0 Å². The van der Waals surface area contributed by atoms with E-state index in [9.17, 15) is 26.7 Å². The lowest BCUT2D eigenvalue weighted by molar-refractivity contribution is -0.0437. The van der Waals surface area contributed by atoms with Gasteiger partial charge in [-0.3, -0.25) is 4.98 Å². The summed E-state index contributed by atoms with van der Waals surface area (Å²) >= 11 is 5.88. The molecule has 0 radical (unpaired) electrons. The topological polar surface area (TPSA) is 67.3 Å². The van der Waals surface area contributed by atoms with E-state index in [0.717, 1.165) is 11.6 Å². The lowest BCUT2D eigenvalue weighted by Gasteiger charge is -2.16. The molecule has 0 aliphatic heterocycles. The molecule has 0 bridgehead atoms. The molecule has 1 atom stereocenters. The first-order chi connectivity index (χ1) is 11.6. The molecule has 1 aliphatic rings. The van der Waals surface area contributed by atoms with Crippen molar-refractivity contribution in [3.05, 3.63) is 57.9 Å². The molecular weight excluding hydrogens is 379 g/mol. The number of hydrogen-bond donors (Lipinski definition) is 1. The molecule has 0 amide bonds. The molecular formula is C16H13ClF3NO3S. The molecule has 1 aromatic heterocycles. The third kappa shape index (κ3) is 3.26. The molecule has 2 aromatic rings. The molecule has 0 fully saturated rings. The molecule has 0 spiro atoms. The van der Waals surface area contributed by atoms with E-state index >= 15 is 0 Å². The van der Waals surface area contributed by atoms with E-state index in [0.29, 0.717) is 29.0 Å². The first-order valence-corrected chi connectivity index (χ1v) is 9.21. The zero-order valence-electron chi connectivity index (χ0n) is 12.7. The van der Waals surface area contributed by atoms with Gasteiger partial charge in [0, 0.05) is 18.0 Å². The molecule has 9 heteroatoms. The number of nitrogens with zero attached hydrogens (tertiary/aromatic N) is 1. The lowest BCUT2D eigenvalue weighted by Crippen LogP contribution is -2.25. The highest BCUT2D eigenvalue weighted by atomic mass is 35.5. The first kappa shape index (κ1) is 18.2. The number of aromatic nitrogens is 1. The van der Waals surface area contributed by atoms with Gasteiger partial charge in [0.1, 0.15) is 0 Å². The second kappa shape index (κ2) is 6.26. The number of aliphatic hydroxyl groups excluding tert-OH is 1. The van der Waals surface area contributed by atoms with Gasteiger partial charge in [0.15, 0.2) is 0 Å². The van der Waals surface area contributed by atoms with Gasteiger partial charge >= 0.3 is 5.51 Å². The van der Waals surface area contributed by atoms with Gasteiger partial charge in [0.25, 0.3) is 9.84 Å². The average molecular weight is 392 g/mol. The maximum atomic E-state index is 12.9. The predicted octanol–water partition coefficient (Wildman–Crippen LogP) is 3.60. The fourth-order valence-electron chi connectivity index (χ4n) is 3.07. The third-order valence-electron chi connectivity index (χ3n) is 4.17. The number of alkyl halides is 3. The summed E-state index contributed by atoms with van der Waals surface area (Å²) in [5.74, 6) is 0. The van der Waals surface area contributed by atoms with Crippen LogP contribution in [0.1, 0.15) is 34.8 Å². The quantitative estimate of drug-likeness (QED) is 0.868. The van der Waals surface area contributed by atoms with Crippen LogP contribution in [0, 0.1) is 0 Å². The van der Waals surface area contributed by atoms with Crippen molar-refractivity contribution < 1.29 is 26.7 Å². The minimum absolute atomic E-state index is 0.148. The Labute approximate surface area is 147 Å². The molecule has 1 aromatic carbocycles. The summed E-state index contributed by atoms with van der Waals surface area (Å²) in [5.41, 5.74) is -3.73. The molecule has 0 saturated carbocycles. The summed E-state index contributed by atoms with van der Waals surface area (Å²) in [7, 11) is -5.52. The number of pyridine rings is 1. The van der Waals surface area contributed by atoms with E-state index in [1.807, 2.05) is 0 Å². The van der Waals surface area contributed by atoms with Crippen LogP contribution in [0.3, 0.4) is 0 Å². The SMILES string of the molecule is O=S(=O)(c1ccc(Cc2cncc(Cl)c2)c2c1C(O)CC2)C(F)(F)F. The Kier molecular flexibility index (Phi) is 4.55. The van der Waals surface area contributed by atoms with Crippen LogP contribution >= 0.6 is 11.6 Å². The van der Waals surface area contributed by atoms with E-state index in [-0.39, 0.29) is 12.0 Å². The maximum absolute atomic E-state index is 12.9. The van der Waals surface area contributed by atoms with Crippen molar-refractivity contribution in [3.8, 4) is 0 Å². The fourth-order valence-corrected chi connectivity index (χ4v) is 4.31. The summed E-state index contributed by atoms with van der Waals surface area (Å²) in [6.45, 7) is 0. The van der Waals surface area contributed by atoms with Gasteiger partial charge in [-0.1, -0.05) is 17.7 Å². The molecule has 1 unspecified atom stereocenters. The Bertz CT molecular complexity index is 929. The smallest absolute Gasteiger partial charge is 0.388 e. The molecule has 3 rings (SSSR count). The Morgan fingerprint density at radius 2 is 2.00 bits per heavy atom. The number of halogens is 4. The van der Waals surface area contributed by atoms with Crippen molar-refractivity contribution in [1.82, 2.24) is 4.98 Å². The van der Waals surface area contributed by atoms with Crippen LogP contribution in [0.4, 0.5) is 13.2 Å². The van der Waals surface area contributed by atoms with Crippen LogP contribution in [0.5, 0.6) is 0 Å². The van der Waals surface area contributed by atoms with Crippen LogP contribution < -0.4 is 0 Å². The predicted molar refractivity (Wildman–Crippen MR) is 85.0 cm³/mol. The summed E-state index contributed by atoms with van der Waals surface area (Å²) in [4.78, 5) is 3.08. The average Bonchev–Trinajstić information content (AvgIpc) is 2.89. The fraction of sp³-hybridized carbons (Fsp3) is 0.312. The zero-order chi connectivity index (χ0) is 18.4. The van der Waals surface area contributed by atoms with Gasteiger partial charge in [-0.25, -0.2) is 8.42 Å². The Morgan fingerprint density at radius 1 is 1.28 bits per heavy atom. The highest BCUT2D eigenvalue weighted by molar-refractivity contribution is 7.92. The zero-order valence-corrected chi connectivity index (χ0v) is 14.3. The number of aliphatic hydroxyl groups is 1. The summed E-state index contributed by atoms with van der Waals surface area (Å²) < 4.78 is 62.4. The lowest BCUT2D eigenvalue weighted by atomic mass is 9.97. The molecule has 134 valence electrons. The molecule has 25 heavy (non-hydrogen) atoms. The first-order valence-electron chi connectivity index (χ1n) is 7.35. The molecule has 0 saturated heterocycles. The van der Waals surface area contributed by atoms with Crippen molar-refractivity contribution >= 4 is 21.4 Å². The van der Waals surface area contributed by atoms with E-state index in [4.69, 9.17) is 11.6 Å². The van der Waals surface area contributed by atoms with Crippen LogP contribution in [0.2, 0.25) is 5.02 Å². The normalized spacial score (nSPS) is 17.6. The van der Waals surface area contributed by atoms with Crippen molar-refractivity contribution in [1.29, 1.82) is 0 Å². The minimum atomic E-state index is -5.52. The van der Waals surface area contributed by atoms with Crippen LogP contribution in [-0.4, -0.2) is 24.0 Å². The van der Waals surface area contributed by atoms with Gasteiger partial charge in [-0.15, -0.1) is 0 Å². The number of fused-ring (bicyclic) bond motifs is 1. The number of rotatable bonds is 3. The van der Waals surface area contributed by atoms with Crippen LogP contribution in [0.15, 0.2) is 35.5 Å². The van der Waals surface area contributed by atoms with E-state index in [1.54, 1.807) is 12.3 Å². The summed E-state index contributed by atoms with van der Waals surface area (Å²) in [6.07, 6.45) is 2.61. The molecule has 1 aliphatic carbocycles. The summed E-state index contributed by atoms with van der Waals surface area (Å²) in [6, 6.07) is 3.95. The van der Waals surface area contributed by atoms with E-state index < -0.39 is 26.3 Å². The number of benzene rings is 1. The van der Waals surface area contributed by atoms with Crippen molar-refractivity contribution in [2.75, 3.05) is 0 Å². The third-order valence-corrected chi connectivity index (χ3v) is 5.92.